The van der Waals surface area contributed by atoms with Gasteiger partial charge in [-0.15, -0.1) is 0 Å². The Bertz CT molecular complexity index is 800. The summed E-state index contributed by atoms with van der Waals surface area (Å²) in [6, 6.07) is -1.21. The van der Waals surface area contributed by atoms with Gasteiger partial charge in [-0.1, -0.05) is 5.16 Å². The Morgan fingerprint density at radius 3 is 2.73 bits per heavy atom. The van der Waals surface area contributed by atoms with Crippen LogP contribution in [0.4, 0.5) is 8.78 Å². The number of hydrogen-bond donors (Lipinski definition) is 0. The van der Waals surface area contributed by atoms with Gasteiger partial charge in [-0.2, -0.15) is 9.29 Å². The van der Waals surface area contributed by atoms with Crippen molar-refractivity contribution in [3.8, 4) is 0 Å². The van der Waals surface area contributed by atoms with Gasteiger partial charge in [0, 0.05) is 19.7 Å². The van der Waals surface area contributed by atoms with Crippen molar-refractivity contribution in [2.24, 2.45) is 7.05 Å². The highest BCUT2D eigenvalue weighted by Gasteiger charge is 2.53. The van der Waals surface area contributed by atoms with Crippen molar-refractivity contribution in [2.45, 2.75) is 30.3 Å². The van der Waals surface area contributed by atoms with Crippen LogP contribution in [0.5, 0.6) is 0 Å². The molecule has 0 amide bonds. The van der Waals surface area contributed by atoms with E-state index >= 15 is 0 Å². The lowest BCUT2D eigenvalue weighted by Crippen LogP contribution is -2.33. The molecule has 1 aliphatic heterocycles. The minimum atomic E-state index is -4.18. The van der Waals surface area contributed by atoms with Crippen molar-refractivity contribution in [1.29, 1.82) is 0 Å². The number of alkyl halides is 2. The summed E-state index contributed by atoms with van der Waals surface area (Å²) >= 11 is 0. The number of nitrogens with zero attached hydrogens (tertiary/aromatic N) is 5. The summed E-state index contributed by atoms with van der Waals surface area (Å²) in [5.74, 6) is -3.07. The second-order valence-electron chi connectivity index (χ2n) is 5.18. The molecule has 0 unspecified atom stereocenters. The molecule has 0 saturated carbocycles. The molecule has 2 aromatic rings. The SMILES string of the molecule is Cc1noc([C@@H]2CC(F)(F)CN2S(=O)(=O)c2cn(C)cn2)n1. The van der Waals surface area contributed by atoms with Crippen LogP contribution in [-0.4, -0.2) is 44.9 Å². The third-order valence-electron chi connectivity index (χ3n) is 3.31. The molecule has 1 saturated heterocycles. The minimum Gasteiger partial charge on any atom is -0.339 e. The molecule has 0 radical (unpaired) electrons. The third kappa shape index (κ3) is 2.50. The van der Waals surface area contributed by atoms with Gasteiger partial charge in [-0.3, -0.25) is 0 Å². The monoisotopic (exact) mass is 333 g/mol. The first-order chi connectivity index (χ1) is 10.2. The summed E-state index contributed by atoms with van der Waals surface area (Å²) < 4.78 is 59.6. The summed E-state index contributed by atoms with van der Waals surface area (Å²) in [5.41, 5.74) is 0. The van der Waals surface area contributed by atoms with E-state index in [2.05, 4.69) is 15.1 Å². The Morgan fingerprint density at radius 1 is 1.45 bits per heavy atom. The molecule has 1 fully saturated rings. The van der Waals surface area contributed by atoms with E-state index in [0.29, 0.717) is 4.31 Å². The van der Waals surface area contributed by atoms with Crippen LogP contribution in [0.1, 0.15) is 24.2 Å². The zero-order valence-electron chi connectivity index (χ0n) is 11.8. The molecule has 0 bridgehead atoms. The fraction of sp³-hybridized carbons (Fsp3) is 0.545. The van der Waals surface area contributed by atoms with Gasteiger partial charge in [0.2, 0.25) is 5.89 Å². The average Bonchev–Trinajstić information content (AvgIpc) is 3.08. The molecule has 22 heavy (non-hydrogen) atoms. The summed E-state index contributed by atoms with van der Waals surface area (Å²) in [4.78, 5) is 7.61. The number of sulfonamides is 1. The van der Waals surface area contributed by atoms with Gasteiger partial charge in [0.15, 0.2) is 10.9 Å². The maximum atomic E-state index is 13.8. The maximum Gasteiger partial charge on any atom is 0.263 e. The quantitative estimate of drug-likeness (QED) is 0.828. The molecule has 0 spiro atoms. The van der Waals surface area contributed by atoms with Gasteiger partial charge in [-0.25, -0.2) is 22.2 Å². The first-order valence-electron chi connectivity index (χ1n) is 6.37. The Labute approximate surface area is 124 Å². The number of aromatic nitrogens is 4. The molecule has 8 nitrogen and oxygen atoms in total. The normalized spacial score (nSPS) is 22.3. The molecule has 0 aliphatic carbocycles. The van der Waals surface area contributed by atoms with Gasteiger partial charge >= 0.3 is 0 Å². The van der Waals surface area contributed by atoms with E-state index < -0.39 is 35.0 Å². The van der Waals surface area contributed by atoms with Crippen LogP contribution < -0.4 is 0 Å². The highest BCUT2D eigenvalue weighted by atomic mass is 32.2. The van der Waals surface area contributed by atoms with Crippen molar-refractivity contribution >= 4 is 10.0 Å². The van der Waals surface area contributed by atoms with Crippen LogP contribution in [0, 0.1) is 6.92 Å². The van der Waals surface area contributed by atoms with Crippen molar-refractivity contribution < 1.29 is 21.7 Å². The predicted octanol–water partition coefficient (Wildman–Crippen LogP) is 0.883. The van der Waals surface area contributed by atoms with E-state index in [0.717, 1.165) is 0 Å². The highest BCUT2D eigenvalue weighted by molar-refractivity contribution is 7.89. The summed E-state index contributed by atoms with van der Waals surface area (Å²) in [5, 5.41) is 3.23. The summed E-state index contributed by atoms with van der Waals surface area (Å²) in [7, 11) is -2.60. The van der Waals surface area contributed by atoms with E-state index in [1.807, 2.05) is 0 Å². The summed E-state index contributed by atoms with van der Waals surface area (Å²) in [6.45, 7) is 0.579. The molecular weight excluding hydrogens is 320 g/mol. The second-order valence-corrected chi connectivity index (χ2v) is 7.02. The van der Waals surface area contributed by atoms with Crippen molar-refractivity contribution in [3.63, 3.8) is 0 Å². The zero-order chi connectivity index (χ0) is 16.1. The first kappa shape index (κ1) is 15.0. The first-order valence-corrected chi connectivity index (χ1v) is 7.81. The van der Waals surface area contributed by atoms with Crippen LogP contribution in [0.2, 0.25) is 0 Å². The molecule has 3 heterocycles. The molecule has 1 atom stereocenters. The molecule has 120 valence electrons. The Hall–Kier alpha value is -1.88. The van der Waals surface area contributed by atoms with Gasteiger partial charge in [-0.05, 0) is 6.92 Å². The highest BCUT2D eigenvalue weighted by Crippen LogP contribution is 2.43. The molecule has 2 aromatic heterocycles. The molecule has 0 aromatic carbocycles. The second kappa shape index (κ2) is 4.81. The minimum absolute atomic E-state index is 0.144. The largest absolute Gasteiger partial charge is 0.339 e. The molecule has 0 N–H and O–H groups in total. The number of hydrogen-bond acceptors (Lipinski definition) is 6. The maximum absolute atomic E-state index is 13.8. The van der Waals surface area contributed by atoms with E-state index in [1.165, 1.54) is 24.0 Å². The van der Waals surface area contributed by atoms with Gasteiger partial charge in [0.05, 0.1) is 12.9 Å². The Balaban J connectivity index is 2.03. The predicted molar refractivity (Wildman–Crippen MR) is 68.4 cm³/mol. The van der Waals surface area contributed by atoms with Crippen LogP contribution in [0.15, 0.2) is 22.1 Å². The average molecular weight is 333 g/mol. The van der Waals surface area contributed by atoms with Crippen LogP contribution in [0.3, 0.4) is 0 Å². The van der Waals surface area contributed by atoms with E-state index in [-0.39, 0.29) is 16.7 Å². The summed E-state index contributed by atoms with van der Waals surface area (Å²) in [6.07, 6.45) is 1.83. The molecule has 11 heteroatoms. The van der Waals surface area contributed by atoms with Crippen LogP contribution >= 0.6 is 0 Å². The molecule has 1 aliphatic rings. The van der Waals surface area contributed by atoms with E-state index in [4.69, 9.17) is 4.52 Å². The van der Waals surface area contributed by atoms with Crippen LogP contribution in [-0.2, 0) is 17.1 Å². The fourth-order valence-corrected chi connectivity index (χ4v) is 3.92. The van der Waals surface area contributed by atoms with Crippen LogP contribution in [0.25, 0.3) is 0 Å². The van der Waals surface area contributed by atoms with Gasteiger partial charge in [0.1, 0.15) is 6.04 Å². The lowest BCUT2D eigenvalue weighted by molar-refractivity contribution is 0.0166. The van der Waals surface area contributed by atoms with Crippen molar-refractivity contribution in [2.75, 3.05) is 6.54 Å². The lowest BCUT2D eigenvalue weighted by Gasteiger charge is -2.19. The number of imidazole rings is 1. The van der Waals surface area contributed by atoms with Crippen molar-refractivity contribution in [1.82, 2.24) is 24.0 Å². The third-order valence-corrected chi connectivity index (χ3v) is 5.05. The van der Waals surface area contributed by atoms with E-state index in [1.54, 1.807) is 7.05 Å². The molecule has 3 rings (SSSR count). The Morgan fingerprint density at radius 2 is 2.18 bits per heavy atom. The lowest BCUT2D eigenvalue weighted by atomic mass is 10.2. The number of rotatable bonds is 3. The fourth-order valence-electron chi connectivity index (χ4n) is 2.34. The Kier molecular flexibility index (Phi) is 3.29. The van der Waals surface area contributed by atoms with Gasteiger partial charge in [0.25, 0.3) is 15.9 Å². The van der Waals surface area contributed by atoms with E-state index in [9.17, 15) is 17.2 Å². The standard InChI is InChI=1S/C11H13F2N5O3S/c1-7-15-10(21-16-7)8-3-11(12,13)5-18(8)22(19,20)9-4-17(2)6-14-9/h4,6,8H,3,5H2,1-2H3/t8-/m0/s1. The topological polar surface area (TPSA) is 94.1 Å². The zero-order valence-corrected chi connectivity index (χ0v) is 12.6. The molecular formula is C11H13F2N5O3S. The van der Waals surface area contributed by atoms with Gasteiger partial charge < -0.3 is 9.09 Å². The smallest absolute Gasteiger partial charge is 0.263 e. The number of halogens is 2. The number of aryl methyl sites for hydroxylation is 2. The van der Waals surface area contributed by atoms with Crippen molar-refractivity contribution in [3.05, 3.63) is 24.2 Å².